The highest BCUT2D eigenvalue weighted by molar-refractivity contribution is 5.86. The Balaban J connectivity index is 2.77. The second kappa shape index (κ2) is 2.76. The highest BCUT2D eigenvalue weighted by atomic mass is 19.2. The Labute approximate surface area is 75.8 Å². The molecule has 0 spiro atoms. The molecule has 0 aliphatic heterocycles. The van der Waals surface area contributed by atoms with Crippen molar-refractivity contribution in [1.82, 2.24) is 4.98 Å². The molecule has 0 saturated carbocycles. The van der Waals surface area contributed by atoms with Crippen molar-refractivity contribution >= 4 is 17.1 Å². The number of benzene rings is 1. The van der Waals surface area contributed by atoms with Crippen molar-refractivity contribution in [2.45, 2.75) is 0 Å². The molecule has 1 aromatic carbocycles. The van der Waals surface area contributed by atoms with Gasteiger partial charge in [0.25, 0.3) is 0 Å². The normalized spacial score (nSPS) is 10.7. The first-order chi connectivity index (χ1) is 6.59. The number of carbonyl (C=O) groups is 1. The van der Waals surface area contributed by atoms with Crippen molar-refractivity contribution in [3.05, 3.63) is 29.7 Å². The van der Waals surface area contributed by atoms with Crippen LogP contribution in [0.25, 0.3) is 11.1 Å². The molecule has 0 bridgehead atoms. The second-order valence-corrected chi connectivity index (χ2v) is 2.53. The van der Waals surface area contributed by atoms with Gasteiger partial charge in [0.15, 0.2) is 11.4 Å². The number of hydrogen-bond acceptors (Lipinski definition) is 3. The number of aromatic carboxylic acids is 1. The number of oxazole rings is 1. The van der Waals surface area contributed by atoms with Crippen LogP contribution in [-0.2, 0) is 0 Å². The fraction of sp³-hybridized carbons (Fsp3) is 0. The predicted octanol–water partition coefficient (Wildman–Crippen LogP) is 1.80. The molecule has 0 atom stereocenters. The Morgan fingerprint density at radius 2 is 2.14 bits per heavy atom. The molecule has 0 amide bonds. The highest BCUT2D eigenvalue weighted by Crippen LogP contribution is 2.20. The maximum Gasteiger partial charge on any atom is 0.392 e. The summed E-state index contributed by atoms with van der Waals surface area (Å²) < 4.78 is 30.1. The number of carboxylic acid groups (broad SMARTS) is 1. The van der Waals surface area contributed by atoms with Gasteiger partial charge in [-0.2, -0.15) is 4.39 Å². The SMILES string of the molecule is O=C(O)c1nc2ccc(F)c(F)c2o1. The maximum atomic E-state index is 13.0. The summed E-state index contributed by atoms with van der Waals surface area (Å²) >= 11 is 0. The fourth-order valence-corrected chi connectivity index (χ4v) is 1.03. The Morgan fingerprint density at radius 3 is 2.79 bits per heavy atom. The largest absolute Gasteiger partial charge is 0.474 e. The van der Waals surface area contributed by atoms with E-state index in [1.807, 2.05) is 0 Å². The second-order valence-electron chi connectivity index (χ2n) is 2.53. The van der Waals surface area contributed by atoms with E-state index in [9.17, 15) is 13.6 Å². The molecule has 0 aliphatic rings. The van der Waals surface area contributed by atoms with E-state index in [-0.39, 0.29) is 5.52 Å². The molecule has 0 saturated heterocycles. The summed E-state index contributed by atoms with van der Waals surface area (Å²) in [4.78, 5) is 13.8. The van der Waals surface area contributed by atoms with Crippen LogP contribution in [0, 0.1) is 11.6 Å². The Morgan fingerprint density at radius 1 is 1.43 bits per heavy atom. The Kier molecular flexibility index (Phi) is 1.70. The average molecular weight is 199 g/mol. The number of fused-ring (bicyclic) bond motifs is 1. The Hall–Kier alpha value is -1.98. The summed E-state index contributed by atoms with van der Waals surface area (Å²) in [6, 6.07) is 2.00. The molecular weight excluding hydrogens is 196 g/mol. The van der Waals surface area contributed by atoms with E-state index in [2.05, 4.69) is 9.40 Å². The zero-order chi connectivity index (χ0) is 10.3. The molecule has 2 rings (SSSR count). The third kappa shape index (κ3) is 1.12. The molecule has 72 valence electrons. The first-order valence-electron chi connectivity index (χ1n) is 3.57. The average Bonchev–Trinajstić information content (AvgIpc) is 2.56. The molecule has 0 radical (unpaired) electrons. The van der Waals surface area contributed by atoms with Crippen LogP contribution in [0.5, 0.6) is 0 Å². The van der Waals surface area contributed by atoms with E-state index in [1.54, 1.807) is 0 Å². The molecule has 1 N–H and O–H groups in total. The van der Waals surface area contributed by atoms with E-state index in [1.165, 1.54) is 0 Å². The molecule has 4 nitrogen and oxygen atoms in total. The quantitative estimate of drug-likeness (QED) is 0.760. The lowest BCUT2D eigenvalue weighted by molar-refractivity contribution is 0.0656. The number of carboxylic acids is 1. The number of rotatable bonds is 1. The monoisotopic (exact) mass is 199 g/mol. The van der Waals surface area contributed by atoms with Crippen LogP contribution in [0.2, 0.25) is 0 Å². The molecule has 1 aromatic heterocycles. The minimum atomic E-state index is -1.43. The van der Waals surface area contributed by atoms with Crippen molar-refractivity contribution in [2.75, 3.05) is 0 Å². The van der Waals surface area contributed by atoms with Crippen molar-refractivity contribution in [3.63, 3.8) is 0 Å². The molecule has 1 heterocycles. The van der Waals surface area contributed by atoms with E-state index >= 15 is 0 Å². The van der Waals surface area contributed by atoms with Gasteiger partial charge >= 0.3 is 11.9 Å². The van der Waals surface area contributed by atoms with Crippen LogP contribution in [-0.4, -0.2) is 16.1 Å². The molecule has 6 heteroatoms. The number of aromatic nitrogens is 1. The van der Waals surface area contributed by atoms with Gasteiger partial charge in [-0.25, -0.2) is 14.2 Å². The van der Waals surface area contributed by atoms with Crippen molar-refractivity contribution < 1.29 is 23.1 Å². The minimum Gasteiger partial charge on any atom is -0.474 e. The van der Waals surface area contributed by atoms with Gasteiger partial charge in [-0.15, -0.1) is 0 Å². The van der Waals surface area contributed by atoms with E-state index < -0.39 is 29.1 Å². The summed E-state index contributed by atoms with van der Waals surface area (Å²) in [5, 5.41) is 8.47. The van der Waals surface area contributed by atoms with Gasteiger partial charge in [-0.3, -0.25) is 0 Å². The van der Waals surface area contributed by atoms with Crippen LogP contribution in [0.1, 0.15) is 10.7 Å². The fourth-order valence-electron chi connectivity index (χ4n) is 1.03. The zero-order valence-electron chi connectivity index (χ0n) is 6.62. The van der Waals surface area contributed by atoms with Gasteiger partial charge < -0.3 is 9.52 Å². The smallest absolute Gasteiger partial charge is 0.392 e. The summed E-state index contributed by atoms with van der Waals surface area (Å²) in [5.41, 5.74) is -0.510. The van der Waals surface area contributed by atoms with E-state index in [0.29, 0.717) is 0 Å². The third-order valence-corrected chi connectivity index (χ3v) is 1.63. The molecule has 0 fully saturated rings. The van der Waals surface area contributed by atoms with Crippen LogP contribution >= 0.6 is 0 Å². The molecule has 2 aromatic rings. The van der Waals surface area contributed by atoms with Gasteiger partial charge in [0.05, 0.1) is 0 Å². The van der Waals surface area contributed by atoms with Crippen molar-refractivity contribution in [1.29, 1.82) is 0 Å². The van der Waals surface area contributed by atoms with Gasteiger partial charge in [0.1, 0.15) is 5.52 Å². The number of hydrogen-bond donors (Lipinski definition) is 1. The summed E-state index contributed by atoms with van der Waals surface area (Å²) in [5.74, 6) is -4.43. The Bertz CT molecular complexity index is 521. The predicted molar refractivity (Wildman–Crippen MR) is 40.9 cm³/mol. The lowest BCUT2D eigenvalue weighted by atomic mass is 10.3. The van der Waals surface area contributed by atoms with Crippen LogP contribution < -0.4 is 0 Å². The standard InChI is InChI=1S/C8H3F2NO3/c9-3-1-2-4-6(5(3)10)14-7(11-4)8(12)13/h1-2H,(H,12,13). The van der Waals surface area contributed by atoms with Crippen molar-refractivity contribution in [2.24, 2.45) is 0 Å². The summed E-state index contributed by atoms with van der Waals surface area (Å²) in [6.07, 6.45) is 0. The minimum absolute atomic E-state index is 0.0266. The lowest BCUT2D eigenvalue weighted by Crippen LogP contribution is -1.94. The molecule has 0 aliphatic carbocycles. The van der Waals surface area contributed by atoms with Gasteiger partial charge in [-0.1, -0.05) is 0 Å². The van der Waals surface area contributed by atoms with Gasteiger partial charge in [-0.05, 0) is 12.1 Å². The maximum absolute atomic E-state index is 13.0. The third-order valence-electron chi connectivity index (χ3n) is 1.63. The van der Waals surface area contributed by atoms with E-state index in [0.717, 1.165) is 12.1 Å². The summed E-state index contributed by atoms with van der Waals surface area (Å²) in [6.45, 7) is 0. The zero-order valence-corrected chi connectivity index (χ0v) is 6.62. The van der Waals surface area contributed by atoms with Crippen LogP contribution in [0.4, 0.5) is 8.78 Å². The number of nitrogens with zero attached hydrogens (tertiary/aromatic N) is 1. The lowest BCUT2D eigenvalue weighted by Gasteiger charge is -1.89. The highest BCUT2D eigenvalue weighted by Gasteiger charge is 2.17. The molecule has 14 heavy (non-hydrogen) atoms. The first-order valence-corrected chi connectivity index (χ1v) is 3.57. The van der Waals surface area contributed by atoms with E-state index in [4.69, 9.17) is 5.11 Å². The number of halogens is 2. The van der Waals surface area contributed by atoms with Crippen LogP contribution in [0.15, 0.2) is 16.5 Å². The molecular formula is C8H3F2NO3. The van der Waals surface area contributed by atoms with Gasteiger partial charge in [0, 0.05) is 0 Å². The summed E-state index contributed by atoms with van der Waals surface area (Å²) in [7, 11) is 0. The topological polar surface area (TPSA) is 63.3 Å². The first kappa shape index (κ1) is 8.61. The molecule has 0 unspecified atom stereocenters. The van der Waals surface area contributed by atoms with Gasteiger partial charge in [0.2, 0.25) is 5.82 Å². The van der Waals surface area contributed by atoms with Crippen LogP contribution in [0.3, 0.4) is 0 Å². The van der Waals surface area contributed by atoms with Crippen molar-refractivity contribution in [3.8, 4) is 0 Å².